The van der Waals surface area contributed by atoms with Crippen molar-refractivity contribution in [1.82, 2.24) is 4.90 Å². The average molecular weight is 221 g/mol. The quantitative estimate of drug-likeness (QED) is 0.655. The minimum atomic E-state index is 0.147. The number of hydrogen-bond acceptors (Lipinski definition) is 1. The van der Waals surface area contributed by atoms with E-state index in [9.17, 15) is 4.79 Å². The highest BCUT2D eigenvalue weighted by atomic mass is 16.2. The molecule has 0 saturated carbocycles. The molecule has 2 rings (SSSR count). The summed E-state index contributed by atoms with van der Waals surface area (Å²) < 4.78 is 0. The molecule has 1 aromatic rings. The maximum atomic E-state index is 11.5. The summed E-state index contributed by atoms with van der Waals surface area (Å²) in [7, 11) is 1.83. The normalized spacial score (nSPS) is 12.1. The molecular weight excluding hydrogens is 198 g/mol. The Morgan fingerprint density at radius 3 is 2.25 bits per heavy atom. The minimum absolute atomic E-state index is 0.147. The number of carbonyl (C=O) groups is 1. The maximum absolute atomic E-state index is 11.5. The summed E-state index contributed by atoms with van der Waals surface area (Å²) >= 11 is 0. The Hall–Kier alpha value is -1.31. The molecule has 0 N–H and O–H groups in total. The van der Waals surface area contributed by atoms with Gasteiger partial charge in [-0.1, -0.05) is 45.4 Å². The van der Waals surface area contributed by atoms with E-state index < -0.39 is 0 Å². The van der Waals surface area contributed by atoms with Crippen molar-refractivity contribution in [1.29, 1.82) is 0 Å². The Kier molecular flexibility index (Phi) is 6.47. The van der Waals surface area contributed by atoms with Crippen LogP contribution in [0, 0.1) is 6.92 Å². The predicted molar refractivity (Wildman–Crippen MR) is 69.7 cm³/mol. The van der Waals surface area contributed by atoms with E-state index in [0.717, 1.165) is 23.2 Å². The van der Waals surface area contributed by atoms with Crippen molar-refractivity contribution in [2.24, 2.45) is 0 Å². The van der Waals surface area contributed by atoms with Gasteiger partial charge in [0, 0.05) is 19.2 Å². The predicted octanol–water partition coefficient (Wildman–Crippen LogP) is 3.63. The van der Waals surface area contributed by atoms with Crippen molar-refractivity contribution < 1.29 is 4.79 Å². The molecule has 0 saturated heterocycles. The van der Waals surface area contributed by atoms with Gasteiger partial charge in [0.05, 0.1) is 0 Å². The van der Waals surface area contributed by atoms with Crippen LogP contribution in [0.5, 0.6) is 0 Å². The van der Waals surface area contributed by atoms with E-state index in [0.29, 0.717) is 0 Å². The first-order chi connectivity index (χ1) is 7.68. The molecule has 0 radical (unpaired) electrons. The van der Waals surface area contributed by atoms with E-state index in [1.54, 1.807) is 4.90 Å². The van der Waals surface area contributed by atoms with Gasteiger partial charge in [-0.15, -0.1) is 0 Å². The third kappa shape index (κ3) is 3.09. The molecule has 1 amide bonds. The van der Waals surface area contributed by atoms with E-state index in [4.69, 9.17) is 0 Å². The van der Waals surface area contributed by atoms with Gasteiger partial charge in [-0.2, -0.15) is 0 Å². The molecule has 2 heteroatoms. The fourth-order valence-electron chi connectivity index (χ4n) is 1.56. The average Bonchev–Trinajstić information content (AvgIpc) is 2.61. The summed E-state index contributed by atoms with van der Waals surface area (Å²) in [4.78, 5) is 13.2. The van der Waals surface area contributed by atoms with Crippen molar-refractivity contribution in [2.45, 2.75) is 41.2 Å². The van der Waals surface area contributed by atoms with Crippen LogP contribution in [0.3, 0.4) is 0 Å². The van der Waals surface area contributed by atoms with Crippen molar-refractivity contribution in [3.8, 4) is 0 Å². The van der Waals surface area contributed by atoms with Crippen molar-refractivity contribution in [3.63, 3.8) is 0 Å². The first-order valence-electron chi connectivity index (χ1n) is 6.03. The van der Waals surface area contributed by atoms with Crippen LogP contribution in [0.4, 0.5) is 0 Å². The highest BCUT2D eigenvalue weighted by Gasteiger charge is 2.23. The molecule has 90 valence electrons. The van der Waals surface area contributed by atoms with Crippen LogP contribution in [-0.2, 0) is 6.54 Å². The molecule has 1 aromatic carbocycles. The molecule has 2 nitrogen and oxygen atoms in total. The molecule has 1 heterocycles. The largest absolute Gasteiger partial charge is 0.337 e. The zero-order valence-electron chi connectivity index (χ0n) is 11.3. The van der Waals surface area contributed by atoms with Crippen LogP contribution in [0.15, 0.2) is 18.2 Å². The van der Waals surface area contributed by atoms with Crippen LogP contribution >= 0.6 is 0 Å². The number of rotatable bonds is 0. The van der Waals surface area contributed by atoms with Gasteiger partial charge in [0.1, 0.15) is 0 Å². The molecule has 0 aliphatic carbocycles. The van der Waals surface area contributed by atoms with Gasteiger partial charge in [-0.05, 0) is 18.6 Å². The second-order valence-electron chi connectivity index (χ2n) is 3.32. The lowest BCUT2D eigenvalue weighted by Crippen LogP contribution is -2.17. The lowest BCUT2D eigenvalue weighted by atomic mass is 10.1. The van der Waals surface area contributed by atoms with Crippen LogP contribution < -0.4 is 0 Å². The van der Waals surface area contributed by atoms with E-state index in [2.05, 4.69) is 0 Å². The fraction of sp³-hybridized carbons (Fsp3) is 0.500. The van der Waals surface area contributed by atoms with Gasteiger partial charge in [-0.25, -0.2) is 0 Å². The first kappa shape index (κ1) is 14.7. The Morgan fingerprint density at radius 2 is 1.69 bits per heavy atom. The van der Waals surface area contributed by atoms with Crippen LogP contribution in [0.1, 0.15) is 49.2 Å². The number of benzene rings is 1. The number of carbonyl (C=O) groups excluding carboxylic acids is 1. The Balaban J connectivity index is 0.000000509. The minimum Gasteiger partial charge on any atom is -0.337 e. The first-order valence-corrected chi connectivity index (χ1v) is 6.03. The molecule has 16 heavy (non-hydrogen) atoms. The van der Waals surface area contributed by atoms with Crippen molar-refractivity contribution >= 4 is 5.91 Å². The number of nitrogens with zero attached hydrogens (tertiary/aromatic N) is 1. The lowest BCUT2D eigenvalue weighted by Gasteiger charge is -2.04. The number of aryl methyl sites for hydroxylation is 1. The molecule has 0 aromatic heterocycles. The topological polar surface area (TPSA) is 20.3 Å². The van der Waals surface area contributed by atoms with Crippen LogP contribution in [0.25, 0.3) is 0 Å². The summed E-state index contributed by atoms with van der Waals surface area (Å²) in [5.41, 5.74) is 3.17. The second kappa shape index (κ2) is 7.04. The summed E-state index contributed by atoms with van der Waals surface area (Å²) in [5, 5.41) is 0. The number of hydrogen-bond donors (Lipinski definition) is 0. The van der Waals surface area contributed by atoms with E-state index >= 15 is 0 Å². The smallest absolute Gasteiger partial charge is 0.254 e. The Bertz CT molecular complexity index is 345. The van der Waals surface area contributed by atoms with Crippen molar-refractivity contribution in [3.05, 3.63) is 34.9 Å². The molecule has 0 spiro atoms. The molecule has 0 atom stereocenters. The molecule has 1 aliphatic rings. The summed E-state index contributed by atoms with van der Waals surface area (Å²) in [6.45, 7) is 10.8. The Labute approximate surface area is 99.3 Å². The van der Waals surface area contributed by atoms with Gasteiger partial charge >= 0.3 is 0 Å². The number of fused-ring (bicyclic) bond motifs is 1. The highest BCUT2D eigenvalue weighted by molar-refractivity contribution is 5.98. The molecule has 0 unspecified atom stereocenters. The van der Waals surface area contributed by atoms with E-state index in [1.165, 1.54) is 0 Å². The standard InChI is InChI=1S/C10H11NO.2C2H6/c1-7-3-4-8-6-11(2)10(12)9(8)5-7;2*1-2/h3-5H,6H2,1-2H3;2*1-2H3. The van der Waals surface area contributed by atoms with Gasteiger partial charge in [0.25, 0.3) is 5.91 Å². The van der Waals surface area contributed by atoms with Crippen molar-refractivity contribution in [2.75, 3.05) is 7.05 Å². The van der Waals surface area contributed by atoms with Gasteiger partial charge < -0.3 is 4.90 Å². The lowest BCUT2D eigenvalue weighted by molar-refractivity contribution is 0.0816. The van der Waals surface area contributed by atoms with Crippen LogP contribution in [-0.4, -0.2) is 17.9 Å². The van der Waals surface area contributed by atoms with Gasteiger partial charge in [0.15, 0.2) is 0 Å². The third-order valence-corrected chi connectivity index (χ3v) is 2.25. The maximum Gasteiger partial charge on any atom is 0.254 e. The van der Waals surface area contributed by atoms with Crippen LogP contribution in [0.2, 0.25) is 0 Å². The third-order valence-electron chi connectivity index (χ3n) is 2.25. The molecule has 0 bridgehead atoms. The van der Waals surface area contributed by atoms with Gasteiger partial charge in [-0.3, -0.25) is 4.79 Å². The SMILES string of the molecule is CC.CC.Cc1ccc2c(c1)C(=O)N(C)C2. The van der Waals surface area contributed by atoms with Gasteiger partial charge in [0.2, 0.25) is 0 Å². The summed E-state index contributed by atoms with van der Waals surface area (Å²) in [6, 6.07) is 6.04. The summed E-state index contributed by atoms with van der Waals surface area (Å²) in [5.74, 6) is 0.147. The van der Waals surface area contributed by atoms with E-state index in [-0.39, 0.29) is 5.91 Å². The molecule has 0 fully saturated rings. The zero-order valence-corrected chi connectivity index (χ0v) is 11.3. The molecule has 1 aliphatic heterocycles. The fourth-order valence-corrected chi connectivity index (χ4v) is 1.56. The molecular formula is C14H23NO. The highest BCUT2D eigenvalue weighted by Crippen LogP contribution is 2.21. The number of amides is 1. The Morgan fingerprint density at radius 1 is 1.12 bits per heavy atom. The second-order valence-corrected chi connectivity index (χ2v) is 3.32. The summed E-state index contributed by atoms with van der Waals surface area (Å²) in [6.07, 6.45) is 0. The zero-order chi connectivity index (χ0) is 12.7. The van der Waals surface area contributed by atoms with E-state index in [1.807, 2.05) is 59.9 Å². The monoisotopic (exact) mass is 221 g/mol.